The molecule has 1 aromatic carbocycles. The summed E-state index contributed by atoms with van der Waals surface area (Å²) >= 11 is 0. The van der Waals surface area contributed by atoms with Crippen LogP contribution in [0.25, 0.3) is 0 Å². The summed E-state index contributed by atoms with van der Waals surface area (Å²) in [5.41, 5.74) is -1.32. The van der Waals surface area contributed by atoms with Gasteiger partial charge in [-0.25, -0.2) is 4.39 Å². The standard InChI is InChI=1S/C14H14F2N2O3/c15-10-6-12(18(20)21)11(16)5-9(10)13(19)17-7-14(3-4-14)8-1-2-8/h5-6,8H,1-4,7H2,(H,17,19). The fraction of sp³-hybridized carbons (Fsp3) is 0.500. The van der Waals surface area contributed by atoms with E-state index in [0.717, 1.165) is 25.7 Å². The highest BCUT2D eigenvalue weighted by Crippen LogP contribution is 2.60. The molecule has 1 N–H and O–H groups in total. The second kappa shape index (κ2) is 4.75. The third kappa shape index (κ3) is 2.59. The van der Waals surface area contributed by atoms with Crippen LogP contribution in [0.4, 0.5) is 14.5 Å². The molecule has 2 saturated carbocycles. The Labute approximate surface area is 119 Å². The lowest BCUT2D eigenvalue weighted by Crippen LogP contribution is -2.31. The molecule has 112 valence electrons. The Morgan fingerprint density at radius 1 is 1.33 bits per heavy atom. The highest BCUT2D eigenvalue weighted by molar-refractivity contribution is 5.94. The second-order valence-corrected chi connectivity index (χ2v) is 5.86. The van der Waals surface area contributed by atoms with E-state index < -0.39 is 33.7 Å². The van der Waals surface area contributed by atoms with Gasteiger partial charge in [0.2, 0.25) is 5.82 Å². The van der Waals surface area contributed by atoms with Crippen molar-refractivity contribution in [2.24, 2.45) is 11.3 Å². The summed E-state index contributed by atoms with van der Waals surface area (Å²) in [7, 11) is 0. The summed E-state index contributed by atoms with van der Waals surface area (Å²) in [5, 5.41) is 13.1. The molecule has 0 heterocycles. The van der Waals surface area contributed by atoms with Crippen LogP contribution in [0.5, 0.6) is 0 Å². The first-order chi connectivity index (χ1) is 9.93. The highest BCUT2D eigenvalue weighted by atomic mass is 19.1. The molecule has 7 heteroatoms. The van der Waals surface area contributed by atoms with E-state index in [9.17, 15) is 23.7 Å². The minimum Gasteiger partial charge on any atom is -0.351 e. The average molecular weight is 296 g/mol. The summed E-state index contributed by atoms with van der Waals surface area (Å²) in [6.45, 7) is 0.453. The Kier molecular flexibility index (Phi) is 3.15. The maximum Gasteiger partial charge on any atom is 0.307 e. The monoisotopic (exact) mass is 296 g/mol. The van der Waals surface area contributed by atoms with Crippen molar-refractivity contribution in [3.63, 3.8) is 0 Å². The summed E-state index contributed by atoms with van der Waals surface area (Å²) in [6, 6.07) is 1.03. The number of nitro benzene ring substituents is 1. The zero-order valence-electron chi connectivity index (χ0n) is 11.2. The van der Waals surface area contributed by atoms with Crippen molar-refractivity contribution in [3.8, 4) is 0 Å². The van der Waals surface area contributed by atoms with E-state index in [1.807, 2.05) is 0 Å². The van der Waals surface area contributed by atoms with Gasteiger partial charge in [-0.05, 0) is 43.1 Å². The number of benzene rings is 1. The van der Waals surface area contributed by atoms with Crippen LogP contribution in [0.15, 0.2) is 12.1 Å². The number of nitrogens with zero attached hydrogens (tertiary/aromatic N) is 1. The first kappa shape index (κ1) is 13.9. The Morgan fingerprint density at radius 2 is 2.00 bits per heavy atom. The molecule has 0 saturated heterocycles. The molecule has 0 spiro atoms. The van der Waals surface area contributed by atoms with E-state index >= 15 is 0 Å². The van der Waals surface area contributed by atoms with Crippen LogP contribution in [0, 0.1) is 33.1 Å². The molecule has 0 aliphatic heterocycles. The molecule has 1 aromatic rings. The molecule has 0 aromatic heterocycles. The largest absolute Gasteiger partial charge is 0.351 e. The van der Waals surface area contributed by atoms with Crippen LogP contribution in [0.3, 0.4) is 0 Å². The number of carbonyl (C=O) groups excluding carboxylic acids is 1. The highest BCUT2D eigenvalue weighted by Gasteiger charge is 2.53. The first-order valence-corrected chi connectivity index (χ1v) is 6.84. The fourth-order valence-corrected chi connectivity index (χ4v) is 2.79. The topological polar surface area (TPSA) is 72.2 Å². The molecule has 5 nitrogen and oxygen atoms in total. The molecule has 1 amide bonds. The quantitative estimate of drug-likeness (QED) is 0.670. The van der Waals surface area contributed by atoms with Crippen molar-refractivity contribution in [1.29, 1.82) is 0 Å². The van der Waals surface area contributed by atoms with E-state index in [4.69, 9.17) is 0 Å². The molecular formula is C14H14F2N2O3. The maximum atomic E-state index is 13.7. The number of nitro groups is 1. The van der Waals surface area contributed by atoms with Crippen molar-refractivity contribution in [1.82, 2.24) is 5.32 Å². The maximum absolute atomic E-state index is 13.7. The normalized spacial score (nSPS) is 19.1. The minimum absolute atomic E-state index is 0.144. The van der Waals surface area contributed by atoms with Crippen molar-refractivity contribution in [2.45, 2.75) is 25.7 Å². The number of nitrogens with one attached hydrogen (secondary N) is 1. The van der Waals surface area contributed by atoms with Gasteiger partial charge in [-0.15, -0.1) is 0 Å². The Morgan fingerprint density at radius 3 is 2.52 bits per heavy atom. The summed E-state index contributed by atoms with van der Waals surface area (Å²) in [6.07, 6.45) is 4.43. The summed E-state index contributed by atoms with van der Waals surface area (Å²) < 4.78 is 27.2. The molecule has 3 rings (SSSR count). The Balaban J connectivity index is 1.72. The van der Waals surface area contributed by atoms with Gasteiger partial charge in [-0.1, -0.05) is 0 Å². The molecule has 0 atom stereocenters. The van der Waals surface area contributed by atoms with Crippen LogP contribution in [0.1, 0.15) is 36.0 Å². The number of hydrogen-bond donors (Lipinski definition) is 1. The van der Waals surface area contributed by atoms with Crippen molar-refractivity contribution >= 4 is 11.6 Å². The molecule has 2 aliphatic carbocycles. The van der Waals surface area contributed by atoms with Crippen molar-refractivity contribution < 1.29 is 18.5 Å². The molecule has 21 heavy (non-hydrogen) atoms. The lowest BCUT2D eigenvalue weighted by molar-refractivity contribution is -0.387. The number of carbonyl (C=O) groups is 1. The van der Waals surface area contributed by atoms with E-state index in [1.54, 1.807) is 0 Å². The van der Waals surface area contributed by atoms with Crippen molar-refractivity contribution in [3.05, 3.63) is 39.4 Å². The molecule has 2 fully saturated rings. The van der Waals surface area contributed by atoms with Gasteiger partial charge in [0.15, 0.2) is 0 Å². The van der Waals surface area contributed by atoms with E-state index in [2.05, 4.69) is 5.32 Å². The van der Waals surface area contributed by atoms with Crippen LogP contribution < -0.4 is 5.32 Å². The number of rotatable bonds is 5. The van der Waals surface area contributed by atoms with E-state index in [0.29, 0.717) is 24.6 Å². The first-order valence-electron chi connectivity index (χ1n) is 6.84. The van der Waals surface area contributed by atoms with Gasteiger partial charge in [-0.2, -0.15) is 4.39 Å². The number of halogens is 2. The molecular weight excluding hydrogens is 282 g/mol. The smallest absolute Gasteiger partial charge is 0.307 e. The SMILES string of the molecule is O=C(NCC1(C2CC2)CC1)c1cc(F)c([N+](=O)[O-])cc1F. The molecule has 0 bridgehead atoms. The third-order valence-electron chi connectivity index (χ3n) is 4.41. The van der Waals surface area contributed by atoms with Gasteiger partial charge >= 0.3 is 5.69 Å². The second-order valence-electron chi connectivity index (χ2n) is 5.86. The predicted octanol–water partition coefficient (Wildman–Crippen LogP) is 2.79. The van der Waals surface area contributed by atoms with Gasteiger partial charge in [0, 0.05) is 6.54 Å². The molecule has 0 unspecified atom stereocenters. The molecule has 2 aliphatic rings. The van der Waals surface area contributed by atoms with Crippen LogP contribution in [-0.4, -0.2) is 17.4 Å². The zero-order valence-corrected chi connectivity index (χ0v) is 11.2. The lowest BCUT2D eigenvalue weighted by atomic mass is 10.0. The van der Waals surface area contributed by atoms with Crippen LogP contribution >= 0.6 is 0 Å². The fourth-order valence-electron chi connectivity index (χ4n) is 2.79. The zero-order chi connectivity index (χ0) is 15.2. The van der Waals surface area contributed by atoms with Crippen LogP contribution in [0.2, 0.25) is 0 Å². The van der Waals surface area contributed by atoms with Gasteiger partial charge < -0.3 is 5.32 Å². The van der Waals surface area contributed by atoms with Gasteiger partial charge in [0.25, 0.3) is 5.91 Å². The summed E-state index contributed by atoms with van der Waals surface area (Å²) in [4.78, 5) is 21.4. The van der Waals surface area contributed by atoms with Gasteiger partial charge in [0.05, 0.1) is 16.6 Å². The minimum atomic E-state index is -1.21. The van der Waals surface area contributed by atoms with Gasteiger partial charge in [0.1, 0.15) is 5.82 Å². The summed E-state index contributed by atoms with van der Waals surface area (Å²) in [5.74, 6) is -2.39. The number of amides is 1. The van der Waals surface area contributed by atoms with Crippen molar-refractivity contribution in [2.75, 3.05) is 6.54 Å². The lowest BCUT2D eigenvalue weighted by Gasteiger charge is -2.15. The van der Waals surface area contributed by atoms with E-state index in [1.165, 1.54) is 0 Å². The van der Waals surface area contributed by atoms with E-state index in [-0.39, 0.29) is 5.41 Å². The number of hydrogen-bond acceptors (Lipinski definition) is 3. The van der Waals surface area contributed by atoms with Gasteiger partial charge in [-0.3, -0.25) is 14.9 Å². The van der Waals surface area contributed by atoms with Crippen LogP contribution in [-0.2, 0) is 0 Å². The molecule has 0 radical (unpaired) electrons. The third-order valence-corrected chi connectivity index (χ3v) is 4.41. The average Bonchev–Trinajstić information content (AvgIpc) is 3.29. The Bertz CT molecular complexity index is 625. The predicted molar refractivity (Wildman–Crippen MR) is 69.7 cm³/mol. The Hall–Kier alpha value is -2.05.